The monoisotopic (exact) mass is 374 g/mol. The Bertz CT molecular complexity index is 746. The quantitative estimate of drug-likeness (QED) is 0.810. The van der Waals surface area contributed by atoms with Gasteiger partial charge in [0.15, 0.2) is 0 Å². The summed E-state index contributed by atoms with van der Waals surface area (Å²) < 4.78 is 0.827. The van der Waals surface area contributed by atoms with E-state index in [4.69, 9.17) is 0 Å². The molecular formula is C17H15BrN2O3. The SMILES string of the molecule is O=C(Nc1ccc(O)cc1)[C@@H]1CC(=O)N(c2ccccc2Br)C1. The highest BCUT2D eigenvalue weighted by Gasteiger charge is 2.35. The van der Waals surface area contributed by atoms with Crippen molar-refractivity contribution in [2.75, 3.05) is 16.8 Å². The largest absolute Gasteiger partial charge is 0.508 e. The Kier molecular flexibility index (Phi) is 4.34. The summed E-state index contributed by atoms with van der Waals surface area (Å²) in [5, 5.41) is 12.0. The highest BCUT2D eigenvalue weighted by molar-refractivity contribution is 9.10. The van der Waals surface area contributed by atoms with Crippen molar-refractivity contribution in [1.29, 1.82) is 0 Å². The second-order valence-electron chi connectivity index (χ2n) is 5.39. The first-order chi connectivity index (χ1) is 11.0. The van der Waals surface area contributed by atoms with E-state index >= 15 is 0 Å². The number of hydrogen-bond donors (Lipinski definition) is 2. The van der Waals surface area contributed by atoms with Crippen molar-refractivity contribution < 1.29 is 14.7 Å². The predicted octanol–water partition coefficient (Wildman–Crippen LogP) is 3.15. The van der Waals surface area contributed by atoms with Gasteiger partial charge in [-0.05, 0) is 52.3 Å². The molecule has 5 nitrogen and oxygen atoms in total. The number of benzene rings is 2. The van der Waals surface area contributed by atoms with E-state index in [1.807, 2.05) is 24.3 Å². The third-order valence-corrected chi connectivity index (χ3v) is 4.44. The first kappa shape index (κ1) is 15.6. The van der Waals surface area contributed by atoms with Crippen molar-refractivity contribution in [3.05, 3.63) is 53.0 Å². The molecule has 1 aliphatic heterocycles. The highest BCUT2D eigenvalue weighted by atomic mass is 79.9. The van der Waals surface area contributed by atoms with E-state index in [0.29, 0.717) is 12.2 Å². The van der Waals surface area contributed by atoms with Crippen LogP contribution in [-0.4, -0.2) is 23.5 Å². The van der Waals surface area contributed by atoms with Gasteiger partial charge in [0.2, 0.25) is 11.8 Å². The zero-order chi connectivity index (χ0) is 16.4. The Morgan fingerprint density at radius 3 is 2.57 bits per heavy atom. The van der Waals surface area contributed by atoms with E-state index in [-0.39, 0.29) is 24.0 Å². The fraction of sp³-hybridized carbons (Fsp3) is 0.176. The fourth-order valence-corrected chi connectivity index (χ4v) is 3.07. The summed E-state index contributed by atoms with van der Waals surface area (Å²) in [5.41, 5.74) is 1.37. The number of amides is 2. The van der Waals surface area contributed by atoms with Crippen LogP contribution in [0.3, 0.4) is 0 Å². The molecule has 118 valence electrons. The Hall–Kier alpha value is -2.34. The number of phenolic OH excluding ortho intramolecular Hbond substituents is 1. The van der Waals surface area contributed by atoms with Crippen LogP contribution in [0.2, 0.25) is 0 Å². The Morgan fingerprint density at radius 1 is 1.17 bits per heavy atom. The van der Waals surface area contributed by atoms with E-state index in [1.54, 1.807) is 17.0 Å². The minimum Gasteiger partial charge on any atom is -0.508 e. The maximum Gasteiger partial charge on any atom is 0.229 e. The highest BCUT2D eigenvalue weighted by Crippen LogP contribution is 2.31. The van der Waals surface area contributed by atoms with Gasteiger partial charge in [0.25, 0.3) is 0 Å². The molecule has 23 heavy (non-hydrogen) atoms. The van der Waals surface area contributed by atoms with Gasteiger partial charge in [-0.1, -0.05) is 12.1 Å². The van der Waals surface area contributed by atoms with E-state index < -0.39 is 5.92 Å². The summed E-state index contributed by atoms with van der Waals surface area (Å²) in [4.78, 5) is 26.2. The van der Waals surface area contributed by atoms with Gasteiger partial charge in [0, 0.05) is 23.1 Å². The zero-order valence-electron chi connectivity index (χ0n) is 12.2. The maximum atomic E-state index is 12.3. The molecule has 2 N–H and O–H groups in total. The lowest BCUT2D eigenvalue weighted by Gasteiger charge is -2.18. The van der Waals surface area contributed by atoms with Gasteiger partial charge in [-0.15, -0.1) is 0 Å². The van der Waals surface area contributed by atoms with Crippen LogP contribution in [0.25, 0.3) is 0 Å². The van der Waals surface area contributed by atoms with Gasteiger partial charge in [-0.2, -0.15) is 0 Å². The van der Waals surface area contributed by atoms with Crippen LogP contribution in [0.5, 0.6) is 5.75 Å². The summed E-state index contributed by atoms with van der Waals surface area (Å²) in [6, 6.07) is 13.7. The van der Waals surface area contributed by atoms with E-state index in [2.05, 4.69) is 21.2 Å². The Labute approximate surface area is 142 Å². The van der Waals surface area contributed by atoms with Gasteiger partial charge >= 0.3 is 0 Å². The van der Waals surface area contributed by atoms with Gasteiger partial charge < -0.3 is 15.3 Å². The number of hydrogen-bond acceptors (Lipinski definition) is 3. The molecule has 0 aromatic heterocycles. The first-order valence-corrected chi connectivity index (χ1v) is 7.98. The molecule has 0 radical (unpaired) electrons. The van der Waals surface area contributed by atoms with Gasteiger partial charge in [-0.3, -0.25) is 9.59 Å². The molecule has 0 bridgehead atoms. The van der Waals surface area contributed by atoms with Gasteiger partial charge in [0.05, 0.1) is 11.6 Å². The van der Waals surface area contributed by atoms with E-state index in [9.17, 15) is 14.7 Å². The topological polar surface area (TPSA) is 69.6 Å². The molecule has 2 amide bonds. The first-order valence-electron chi connectivity index (χ1n) is 7.19. The molecule has 1 saturated heterocycles. The Morgan fingerprint density at radius 2 is 1.87 bits per heavy atom. The van der Waals surface area contributed by atoms with Crippen LogP contribution < -0.4 is 10.2 Å². The number of halogens is 1. The molecule has 0 aliphatic carbocycles. The summed E-state index contributed by atoms with van der Waals surface area (Å²) in [7, 11) is 0. The lowest BCUT2D eigenvalue weighted by Crippen LogP contribution is -2.28. The molecule has 1 heterocycles. The smallest absolute Gasteiger partial charge is 0.229 e. The molecular weight excluding hydrogens is 360 g/mol. The number of anilines is 2. The minimum absolute atomic E-state index is 0.0669. The molecule has 2 aromatic rings. The molecule has 0 spiro atoms. The summed E-state index contributed by atoms with van der Waals surface area (Å²) in [5.74, 6) is -0.524. The number of nitrogens with one attached hydrogen (secondary N) is 1. The molecule has 3 rings (SSSR count). The second kappa shape index (κ2) is 6.42. The van der Waals surface area contributed by atoms with Crippen LogP contribution >= 0.6 is 15.9 Å². The van der Waals surface area contributed by atoms with Crippen LogP contribution in [0.15, 0.2) is 53.0 Å². The molecule has 1 fully saturated rings. The molecule has 0 unspecified atom stereocenters. The minimum atomic E-state index is -0.400. The van der Waals surface area contributed by atoms with Crippen molar-refractivity contribution in [1.82, 2.24) is 0 Å². The zero-order valence-corrected chi connectivity index (χ0v) is 13.8. The number of para-hydroxylation sites is 1. The van der Waals surface area contributed by atoms with Gasteiger partial charge in [-0.25, -0.2) is 0 Å². The lowest BCUT2D eigenvalue weighted by molar-refractivity contribution is -0.122. The molecule has 0 saturated carbocycles. The van der Waals surface area contributed by atoms with E-state index in [1.165, 1.54) is 12.1 Å². The second-order valence-corrected chi connectivity index (χ2v) is 6.25. The maximum absolute atomic E-state index is 12.3. The molecule has 2 aromatic carbocycles. The number of carbonyl (C=O) groups excluding carboxylic acids is 2. The number of carbonyl (C=O) groups is 2. The van der Waals surface area contributed by atoms with Crippen LogP contribution in [0.4, 0.5) is 11.4 Å². The molecule has 1 aliphatic rings. The van der Waals surface area contributed by atoms with Crippen LogP contribution in [0.1, 0.15) is 6.42 Å². The van der Waals surface area contributed by atoms with Gasteiger partial charge in [0.1, 0.15) is 5.75 Å². The third-order valence-electron chi connectivity index (χ3n) is 3.77. The molecule has 1 atom stereocenters. The van der Waals surface area contributed by atoms with Crippen molar-refractivity contribution in [2.45, 2.75) is 6.42 Å². The van der Waals surface area contributed by atoms with Crippen molar-refractivity contribution in [2.24, 2.45) is 5.92 Å². The lowest BCUT2D eigenvalue weighted by atomic mass is 10.1. The molecule has 6 heteroatoms. The predicted molar refractivity (Wildman–Crippen MR) is 91.3 cm³/mol. The number of nitrogens with zero attached hydrogens (tertiary/aromatic N) is 1. The summed E-state index contributed by atoms with van der Waals surface area (Å²) in [6.45, 7) is 0.353. The number of aromatic hydroxyl groups is 1. The van der Waals surface area contributed by atoms with Crippen LogP contribution in [-0.2, 0) is 9.59 Å². The van der Waals surface area contributed by atoms with Crippen molar-refractivity contribution in [3.8, 4) is 5.75 Å². The average molecular weight is 375 g/mol. The van der Waals surface area contributed by atoms with Crippen molar-refractivity contribution in [3.63, 3.8) is 0 Å². The normalized spacial score (nSPS) is 17.3. The van der Waals surface area contributed by atoms with Crippen molar-refractivity contribution >= 4 is 39.1 Å². The fourth-order valence-electron chi connectivity index (χ4n) is 2.58. The summed E-state index contributed by atoms with van der Waals surface area (Å²) >= 11 is 3.43. The number of phenols is 1. The number of rotatable bonds is 3. The van der Waals surface area contributed by atoms with E-state index in [0.717, 1.165) is 10.2 Å². The standard InChI is InChI=1S/C17H15BrN2O3/c18-14-3-1-2-4-15(14)20-10-11(9-16(20)22)17(23)19-12-5-7-13(21)8-6-12/h1-8,11,21H,9-10H2,(H,19,23)/t11-/m1/s1. The Balaban J connectivity index is 1.71. The third kappa shape index (κ3) is 3.37. The summed E-state index contributed by atoms with van der Waals surface area (Å²) in [6.07, 6.45) is 0.186. The average Bonchev–Trinajstić information content (AvgIpc) is 2.92. The van der Waals surface area contributed by atoms with Crippen LogP contribution in [0, 0.1) is 5.92 Å².